The highest BCUT2D eigenvalue weighted by Gasteiger charge is 2.36. The Bertz CT molecular complexity index is 1260. The summed E-state index contributed by atoms with van der Waals surface area (Å²) in [7, 11) is -1.75. The first kappa shape index (κ1) is 17.1. The number of rotatable bonds is 5. The first-order valence-corrected chi connectivity index (χ1v) is 10.3. The van der Waals surface area contributed by atoms with Crippen LogP contribution in [0.3, 0.4) is 0 Å². The highest BCUT2D eigenvalue weighted by atomic mass is 32.2. The van der Waals surface area contributed by atoms with Gasteiger partial charge in [-0.05, 0) is 41.4 Å². The second kappa shape index (κ2) is 6.24. The Kier molecular flexibility index (Phi) is 3.81. The van der Waals surface area contributed by atoms with E-state index < -0.39 is 10.0 Å². The molecule has 1 aromatic carbocycles. The van der Waals surface area contributed by atoms with E-state index in [1.807, 2.05) is 19.3 Å². The van der Waals surface area contributed by atoms with Gasteiger partial charge in [-0.3, -0.25) is 0 Å². The molecular weight excluding hydrogens is 382 g/mol. The molecule has 3 aromatic heterocycles. The number of H-pyrrole nitrogens is 1. The van der Waals surface area contributed by atoms with Crippen LogP contribution < -0.4 is 9.62 Å². The molecule has 1 aliphatic carbocycles. The van der Waals surface area contributed by atoms with Crippen molar-refractivity contribution in [3.8, 4) is 0 Å². The number of anilines is 1. The number of aromatic amines is 1. The summed E-state index contributed by atoms with van der Waals surface area (Å²) in [6.45, 7) is 0. The summed E-state index contributed by atoms with van der Waals surface area (Å²) in [4.78, 5) is 13.8. The largest absolute Gasteiger partial charge is 0.356 e. The maximum Gasteiger partial charge on any atom is 0.243 e. The first-order valence-electron chi connectivity index (χ1n) is 8.77. The molecule has 0 aliphatic heterocycles. The van der Waals surface area contributed by atoms with Crippen molar-refractivity contribution >= 4 is 37.9 Å². The molecule has 1 fully saturated rings. The second-order valence-electron chi connectivity index (χ2n) is 6.88. The molecule has 0 radical (unpaired) electrons. The Morgan fingerprint density at radius 1 is 1.21 bits per heavy atom. The Morgan fingerprint density at radius 2 is 2.07 bits per heavy atom. The fourth-order valence-electron chi connectivity index (χ4n) is 3.59. The zero-order chi connectivity index (χ0) is 19.3. The van der Waals surface area contributed by atoms with Gasteiger partial charge in [0.1, 0.15) is 28.2 Å². The number of aromatic nitrogens is 5. The van der Waals surface area contributed by atoms with Gasteiger partial charge in [-0.25, -0.2) is 27.7 Å². The van der Waals surface area contributed by atoms with Crippen LogP contribution in [-0.2, 0) is 10.0 Å². The Balaban J connectivity index is 1.31. The second-order valence-corrected chi connectivity index (χ2v) is 8.56. The van der Waals surface area contributed by atoms with Crippen molar-refractivity contribution in [3.63, 3.8) is 0 Å². The molecule has 0 unspecified atom stereocenters. The molecule has 2 N–H and O–H groups in total. The molecular formula is C17H17N7O3S. The molecule has 1 aliphatic rings. The summed E-state index contributed by atoms with van der Waals surface area (Å²) in [6.07, 6.45) is 4.71. The Morgan fingerprint density at radius 3 is 2.93 bits per heavy atom. The lowest BCUT2D eigenvalue weighted by Gasteiger charge is -2.41. The Hall–Kier alpha value is -3.05. The number of nitrogens with zero attached hydrogens (tertiary/aromatic N) is 5. The monoisotopic (exact) mass is 399 g/mol. The van der Waals surface area contributed by atoms with Crippen LogP contribution in [0.5, 0.6) is 0 Å². The lowest BCUT2D eigenvalue weighted by Crippen LogP contribution is -2.53. The quantitative estimate of drug-likeness (QED) is 0.516. The summed E-state index contributed by atoms with van der Waals surface area (Å²) >= 11 is 0. The number of sulfonamides is 1. The van der Waals surface area contributed by atoms with Crippen molar-refractivity contribution in [2.24, 2.45) is 0 Å². The summed E-state index contributed by atoms with van der Waals surface area (Å²) in [5.74, 6) is 0.830. The fourth-order valence-corrected chi connectivity index (χ4v) is 5.01. The van der Waals surface area contributed by atoms with Crippen LogP contribution in [0.1, 0.15) is 12.8 Å². The first-order chi connectivity index (χ1) is 13.5. The molecule has 28 heavy (non-hydrogen) atoms. The van der Waals surface area contributed by atoms with Gasteiger partial charge < -0.3 is 9.88 Å². The van der Waals surface area contributed by atoms with Gasteiger partial charge >= 0.3 is 0 Å². The zero-order valence-electron chi connectivity index (χ0n) is 14.9. The van der Waals surface area contributed by atoms with Crippen LogP contribution >= 0.6 is 0 Å². The minimum atomic E-state index is -3.72. The smallest absolute Gasteiger partial charge is 0.243 e. The van der Waals surface area contributed by atoms with Gasteiger partial charge in [0, 0.05) is 25.3 Å². The predicted octanol–water partition coefficient (Wildman–Crippen LogP) is 1.44. The van der Waals surface area contributed by atoms with E-state index in [9.17, 15) is 8.42 Å². The summed E-state index contributed by atoms with van der Waals surface area (Å²) < 4.78 is 33.0. The van der Waals surface area contributed by atoms with E-state index >= 15 is 0 Å². The maximum atomic E-state index is 12.8. The van der Waals surface area contributed by atoms with Crippen LogP contribution in [0.4, 0.5) is 5.82 Å². The van der Waals surface area contributed by atoms with E-state index in [1.165, 1.54) is 12.4 Å². The minimum absolute atomic E-state index is 0.0767. The van der Waals surface area contributed by atoms with E-state index in [-0.39, 0.29) is 22.5 Å². The number of hydrogen-bond acceptors (Lipinski definition) is 8. The van der Waals surface area contributed by atoms with E-state index in [4.69, 9.17) is 0 Å². The molecule has 0 bridgehead atoms. The summed E-state index contributed by atoms with van der Waals surface area (Å²) in [5.41, 5.74) is 1.43. The van der Waals surface area contributed by atoms with Gasteiger partial charge in [-0.2, -0.15) is 0 Å². The molecule has 4 aromatic rings. The molecule has 0 amide bonds. The van der Waals surface area contributed by atoms with E-state index in [1.54, 1.807) is 12.1 Å². The number of benzene rings is 1. The van der Waals surface area contributed by atoms with Gasteiger partial charge in [-0.15, -0.1) is 0 Å². The van der Waals surface area contributed by atoms with E-state index in [2.05, 4.69) is 39.5 Å². The average molecular weight is 399 g/mol. The third-order valence-electron chi connectivity index (χ3n) is 5.19. The van der Waals surface area contributed by atoms with Crippen LogP contribution in [0.25, 0.3) is 22.1 Å². The standard InChI is InChI=1S/C17H17N7O3S/c1-24(17-12-5-6-18-16(12)19-9-20-17)11-7-10(8-11)23-28(25,26)14-4-2-3-13-15(14)22-27-21-13/h2-6,9-11,23H,7-8H2,1H3,(H,18,19,20). The number of fused-ring (bicyclic) bond motifs is 2. The van der Waals surface area contributed by atoms with Crippen LogP contribution in [-0.4, -0.2) is 52.8 Å². The number of hydrogen-bond donors (Lipinski definition) is 2. The van der Waals surface area contributed by atoms with Gasteiger partial charge in [0.25, 0.3) is 0 Å². The topological polar surface area (TPSA) is 130 Å². The molecule has 0 spiro atoms. The van der Waals surface area contributed by atoms with Crippen molar-refractivity contribution in [2.45, 2.75) is 29.8 Å². The van der Waals surface area contributed by atoms with Gasteiger partial charge in [0.2, 0.25) is 10.0 Å². The predicted molar refractivity (Wildman–Crippen MR) is 101 cm³/mol. The molecule has 11 heteroatoms. The normalized spacial score (nSPS) is 19.8. The van der Waals surface area contributed by atoms with Crippen LogP contribution in [0.2, 0.25) is 0 Å². The highest BCUT2D eigenvalue weighted by Crippen LogP contribution is 2.32. The lowest BCUT2D eigenvalue weighted by atomic mass is 9.86. The Labute approximate surface area is 160 Å². The van der Waals surface area contributed by atoms with Crippen molar-refractivity contribution < 1.29 is 13.0 Å². The molecule has 5 rings (SSSR count). The SMILES string of the molecule is CN(c1ncnc2[nH]ccc12)C1CC(NS(=O)(=O)c2cccc3nonc23)C1. The van der Waals surface area contributed by atoms with Crippen molar-refractivity contribution in [2.75, 3.05) is 11.9 Å². The maximum absolute atomic E-state index is 12.8. The van der Waals surface area contributed by atoms with E-state index in [0.29, 0.717) is 18.4 Å². The minimum Gasteiger partial charge on any atom is -0.356 e. The zero-order valence-corrected chi connectivity index (χ0v) is 15.7. The molecule has 1 saturated carbocycles. The van der Waals surface area contributed by atoms with Crippen LogP contribution in [0.15, 0.2) is 46.3 Å². The highest BCUT2D eigenvalue weighted by molar-refractivity contribution is 7.89. The van der Waals surface area contributed by atoms with E-state index in [0.717, 1.165) is 16.9 Å². The summed E-state index contributed by atoms with van der Waals surface area (Å²) in [5, 5.41) is 8.35. The number of nitrogens with one attached hydrogen (secondary N) is 2. The van der Waals surface area contributed by atoms with Crippen LogP contribution in [0, 0.1) is 0 Å². The summed E-state index contributed by atoms with van der Waals surface area (Å²) in [6, 6.07) is 6.74. The molecule has 10 nitrogen and oxygen atoms in total. The molecule has 144 valence electrons. The molecule has 0 saturated heterocycles. The van der Waals surface area contributed by atoms with Gasteiger partial charge in [0.05, 0.1) is 5.39 Å². The molecule has 3 heterocycles. The van der Waals surface area contributed by atoms with Crippen molar-refractivity contribution in [1.29, 1.82) is 0 Å². The van der Waals surface area contributed by atoms with Crippen molar-refractivity contribution in [3.05, 3.63) is 36.8 Å². The van der Waals surface area contributed by atoms with Gasteiger partial charge in [0.15, 0.2) is 5.52 Å². The average Bonchev–Trinajstić information content (AvgIpc) is 3.31. The van der Waals surface area contributed by atoms with Gasteiger partial charge in [-0.1, -0.05) is 6.07 Å². The third-order valence-corrected chi connectivity index (χ3v) is 6.74. The molecule has 0 atom stereocenters. The lowest BCUT2D eigenvalue weighted by molar-refractivity contribution is 0.314. The van der Waals surface area contributed by atoms with Crippen molar-refractivity contribution in [1.82, 2.24) is 30.0 Å². The third kappa shape index (κ3) is 2.70. The fraction of sp³-hybridized carbons (Fsp3) is 0.294.